The fraction of sp³-hybridized carbons (Fsp3) is 1.00. The molecule has 90 valence electrons. The predicted octanol–water partition coefficient (Wildman–Crippen LogP) is 0.964. The van der Waals surface area contributed by atoms with Crippen molar-refractivity contribution in [2.75, 3.05) is 53.4 Å². The average Bonchev–Trinajstić information content (AvgIpc) is 2.26. The molecule has 0 amide bonds. The maximum Gasteiger partial charge on any atom is 0.0113 e. The van der Waals surface area contributed by atoms with Gasteiger partial charge in [-0.05, 0) is 27.4 Å². The van der Waals surface area contributed by atoms with E-state index >= 15 is 0 Å². The summed E-state index contributed by atoms with van der Waals surface area (Å²) >= 11 is 0. The molecule has 1 unspecified atom stereocenters. The molecule has 1 atom stereocenters. The number of hydrogen-bond acceptors (Lipinski definition) is 3. The summed E-state index contributed by atoms with van der Waals surface area (Å²) in [7, 11) is 4.30. The molecule has 0 aromatic heterocycles. The second-order valence-corrected chi connectivity index (χ2v) is 4.94. The van der Waals surface area contributed by atoms with E-state index in [1.54, 1.807) is 0 Å². The van der Waals surface area contributed by atoms with E-state index in [1.807, 2.05) is 0 Å². The first-order valence-electron chi connectivity index (χ1n) is 6.24. The average molecular weight is 213 g/mol. The summed E-state index contributed by atoms with van der Waals surface area (Å²) in [4.78, 5) is 7.46. The molecule has 1 fully saturated rings. The Balaban J connectivity index is 2.18. The van der Waals surface area contributed by atoms with Crippen LogP contribution in [0.3, 0.4) is 0 Å². The molecule has 0 saturated carbocycles. The molecule has 0 aromatic rings. The van der Waals surface area contributed by atoms with Gasteiger partial charge in [-0.2, -0.15) is 0 Å². The number of hydrogen-bond donors (Lipinski definition) is 0. The Morgan fingerprint density at radius 3 is 2.20 bits per heavy atom. The van der Waals surface area contributed by atoms with Gasteiger partial charge in [0.25, 0.3) is 0 Å². The lowest BCUT2D eigenvalue weighted by atomic mass is 10.2. The van der Waals surface area contributed by atoms with E-state index in [4.69, 9.17) is 0 Å². The van der Waals surface area contributed by atoms with Gasteiger partial charge in [-0.1, -0.05) is 6.92 Å². The highest BCUT2D eigenvalue weighted by Crippen LogP contribution is 2.08. The molecule has 0 radical (unpaired) electrons. The summed E-state index contributed by atoms with van der Waals surface area (Å²) in [6.45, 7) is 12.0. The van der Waals surface area contributed by atoms with E-state index in [0.717, 1.165) is 6.04 Å². The predicted molar refractivity (Wildman–Crippen MR) is 66.3 cm³/mol. The van der Waals surface area contributed by atoms with Crippen molar-refractivity contribution in [1.82, 2.24) is 14.7 Å². The van der Waals surface area contributed by atoms with Gasteiger partial charge in [0.1, 0.15) is 0 Å². The van der Waals surface area contributed by atoms with Gasteiger partial charge in [0, 0.05) is 45.3 Å². The molecule has 1 heterocycles. The van der Waals surface area contributed by atoms with Crippen molar-refractivity contribution < 1.29 is 0 Å². The van der Waals surface area contributed by atoms with Crippen LogP contribution in [-0.4, -0.2) is 74.1 Å². The zero-order valence-electron chi connectivity index (χ0n) is 10.9. The lowest BCUT2D eigenvalue weighted by molar-refractivity contribution is 0.0961. The largest absolute Gasteiger partial charge is 0.308 e. The Morgan fingerprint density at radius 1 is 1.13 bits per heavy atom. The van der Waals surface area contributed by atoms with Crippen LogP contribution in [0, 0.1) is 0 Å². The van der Waals surface area contributed by atoms with Crippen molar-refractivity contribution in [2.45, 2.75) is 26.3 Å². The molecular weight excluding hydrogens is 186 g/mol. The normalized spacial score (nSPS) is 22.2. The van der Waals surface area contributed by atoms with Crippen LogP contribution in [0.15, 0.2) is 0 Å². The molecule has 0 aliphatic carbocycles. The molecular formula is C12H27N3. The second kappa shape index (κ2) is 6.46. The third-order valence-electron chi connectivity index (χ3n) is 3.48. The minimum Gasteiger partial charge on any atom is -0.308 e. The van der Waals surface area contributed by atoms with Gasteiger partial charge in [-0.3, -0.25) is 9.80 Å². The second-order valence-electron chi connectivity index (χ2n) is 4.94. The minimum absolute atomic E-state index is 0.765. The maximum atomic E-state index is 2.62. The maximum absolute atomic E-state index is 2.62. The van der Waals surface area contributed by atoms with Crippen LogP contribution in [0.2, 0.25) is 0 Å². The van der Waals surface area contributed by atoms with Gasteiger partial charge < -0.3 is 4.90 Å². The highest BCUT2D eigenvalue weighted by Gasteiger charge is 2.19. The summed E-state index contributed by atoms with van der Waals surface area (Å²) in [5.74, 6) is 0. The van der Waals surface area contributed by atoms with E-state index in [0.29, 0.717) is 0 Å². The van der Waals surface area contributed by atoms with Crippen LogP contribution >= 0.6 is 0 Å². The molecule has 0 bridgehead atoms. The molecule has 0 aromatic carbocycles. The van der Waals surface area contributed by atoms with Gasteiger partial charge in [0.15, 0.2) is 0 Å². The Morgan fingerprint density at radius 2 is 1.73 bits per heavy atom. The van der Waals surface area contributed by atoms with Crippen molar-refractivity contribution >= 4 is 0 Å². The molecule has 3 nitrogen and oxygen atoms in total. The fourth-order valence-corrected chi connectivity index (χ4v) is 2.03. The highest BCUT2D eigenvalue weighted by molar-refractivity contribution is 4.75. The van der Waals surface area contributed by atoms with Crippen LogP contribution in [0.25, 0.3) is 0 Å². The van der Waals surface area contributed by atoms with E-state index < -0.39 is 0 Å². The monoisotopic (exact) mass is 213 g/mol. The molecule has 1 aliphatic heterocycles. The summed E-state index contributed by atoms with van der Waals surface area (Å²) in [6.07, 6.45) is 1.28. The Bertz CT molecular complexity index is 162. The SMILES string of the molecule is CCC(C)N1CCN(CCN(C)C)CC1. The van der Waals surface area contributed by atoms with Gasteiger partial charge in [-0.15, -0.1) is 0 Å². The van der Waals surface area contributed by atoms with Crippen LogP contribution in [-0.2, 0) is 0 Å². The van der Waals surface area contributed by atoms with Crippen molar-refractivity contribution in [2.24, 2.45) is 0 Å². The van der Waals surface area contributed by atoms with Crippen molar-refractivity contribution in [3.8, 4) is 0 Å². The first kappa shape index (κ1) is 12.9. The smallest absolute Gasteiger partial charge is 0.0113 e. The van der Waals surface area contributed by atoms with Gasteiger partial charge >= 0.3 is 0 Å². The van der Waals surface area contributed by atoms with Gasteiger partial charge in [-0.25, -0.2) is 0 Å². The van der Waals surface area contributed by atoms with E-state index in [9.17, 15) is 0 Å². The third kappa shape index (κ3) is 4.49. The summed E-state index contributed by atoms with van der Waals surface area (Å²) in [5, 5.41) is 0. The Labute approximate surface area is 95.0 Å². The van der Waals surface area contributed by atoms with Crippen LogP contribution in [0.1, 0.15) is 20.3 Å². The lowest BCUT2D eigenvalue weighted by Gasteiger charge is -2.38. The molecule has 1 aliphatic rings. The van der Waals surface area contributed by atoms with Crippen molar-refractivity contribution in [3.63, 3.8) is 0 Å². The first-order valence-corrected chi connectivity index (χ1v) is 6.24. The molecule has 1 rings (SSSR count). The molecule has 0 spiro atoms. The van der Waals surface area contributed by atoms with Gasteiger partial charge in [0.2, 0.25) is 0 Å². The zero-order chi connectivity index (χ0) is 11.3. The van der Waals surface area contributed by atoms with Gasteiger partial charge in [0.05, 0.1) is 0 Å². The first-order chi connectivity index (χ1) is 7.13. The standard InChI is InChI=1S/C12H27N3/c1-5-12(2)15-10-8-14(9-11-15)7-6-13(3)4/h12H,5-11H2,1-4H3. The Kier molecular flexibility index (Phi) is 5.58. The topological polar surface area (TPSA) is 9.72 Å². The van der Waals surface area contributed by atoms with Crippen molar-refractivity contribution in [1.29, 1.82) is 0 Å². The molecule has 15 heavy (non-hydrogen) atoms. The molecule has 3 heteroatoms. The van der Waals surface area contributed by atoms with Crippen LogP contribution in [0.5, 0.6) is 0 Å². The number of rotatable bonds is 5. The number of piperazine rings is 1. The summed E-state index contributed by atoms with van der Waals surface area (Å²) in [6, 6.07) is 0.765. The van der Waals surface area contributed by atoms with Crippen LogP contribution < -0.4 is 0 Å². The lowest BCUT2D eigenvalue weighted by Crippen LogP contribution is -2.50. The number of nitrogens with zero attached hydrogens (tertiary/aromatic N) is 3. The fourth-order valence-electron chi connectivity index (χ4n) is 2.03. The van der Waals surface area contributed by atoms with Crippen molar-refractivity contribution in [3.05, 3.63) is 0 Å². The summed E-state index contributed by atoms with van der Waals surface area (Å²) in [5.41, 5.74) is 0. The minimum atomic E-state index is 0.765. The third-order valence-corrected chi connectivity index (χ3v) is 3.48. The van der Waals surface area contributed by atoms with E-state index in [1.165, 1.54) is 45.7 Å². The molecule has 0 N–H and O–H groups in total. The summed E-state index contributed by atoms with van der Waals surface area (Å²) < 4.78 is 0. The molecule has 1 saturated heterocycles. The van der Waals surface area contributed by atoms with Crippen LogP contribution in [0.4, 0.5) is 0 Å². The van der Waals surface area contributed by atoms with E-state index in [2.05, 4.69) is 42.6 Å². The van der Waals surface area contributed by atoms with E-state index in [-0.39, 0.29) is 0 Å². The highest BCUT2D eigenvalue weighted by atomic mass is 15.3. The number of likely N-dealkylation sites (N-methyl/N-ethyl adjacent to an activating group) is 1. The quantitative estimate of drug-likeness (QED) is 0.673. The zero-order valence-corrected chi connectivity index (χ0v) is 10.9. The Hall–Kier alpha value is -0.120.